The summed E-state index contributed by atoms with van der Waals surface area (Å²) in [7, 11) is 0. The van der Waals surface area contributed by atoms with Gasteiger partial charge in [-0.2, -0.15) is 0 Å². The van der Waals surface area contributed by atoms with Crippen LogP contribution in [0.2, 0.25) is 0 Å². The summed E-state index contributed by atoms with van der Waals surface area (Å²) in [6, 6.07) is 1.86. The molecule has 2 aliphatic rings. The fourth-order valence-corrected chi connectivity index (χ4v) is 4.02. The number of hydrogen-bond donors (Lipinski definition) is 2. The molecule has 5 nitrogen and oxygen atoms in total. The summed E-state index contributed by atoms with van der Waals surface area (Å²) in [6.45, 7) is 5.88. The molecule has 1 amide bonds. The number of amides is 1. The van der Waals surface area contributed by atoms with E-state index in [1.54, 1.807) is 0 Å². The third-order valence-electron chi connectivity index (χ3n) is 4.06. The van der Waals surface area contributed by atoms with Crippen molar-refractivity contribution < 1.29 is 14.3 Å². The molecule has 0 aromatic carbocycles. The number of carbonyl (C=O) groups is 1. The van der Waals surface area contributed by atoms with Crippen LogP contribution in [0.4, 0.5) is 0 Å². The van der Waals surface area contributed by atoms with E-state index in [9.17, 15) is 4.79 Å². The average molecular weight is 310 g/mol. The lowest BCUT2D eigenvalue weighted by Gasteiger charge is -2.37. The Hall–Kier alpha value is -0.950. The lowest BCUT2D eigenvalue weighted by atomic mass is 9.85. The van der Waals surface area contributed by atoms with Gasteiger partial charge in [-0.3, -0.25) is 10.1 Å². The fourth-order valence-electron chi connectivity index (χ4n) is 2.88. The molecule has 1 saturated heterocycles. The minimum absolute atomic E-state index is 0.0268. The number of nitrogens with two attached hydrogens (primary N) is 1. The molecule has 3 heterocycles. The van der Waals surface area contributed by atoms with Gasteiger partial charge in [-0.15, -0.1) is 11.3 Å². The predicted octanol–water partition coefficient (Wildman–Crippen LogP) is 2.27. The second-order valence-corrected chi connectivity index (χ2v) is 7.39. The van der Waals surface area contributed by atoms with Gasteiger partial charge in [0.05, 0.1) is 4.88 Å². The monoisotopic (exact) mass is 310 g/mol. The molecule has 0 aliphatic carbocycles. The molecule has 0 saturated carbocycles. The Morgan fingerprint density at radius 2 is 2.33 bits per heavy atom. The van der Waals surface area contributed by atoms with Gasteiger partial charge in [0.25, 0.3) is 5.91 Å². The van der Waals surface area contributed by atoms with E-state index in [1.165, 1.54) is 16.2 Å². The summed E-state index contributed by atoms with van der Waals surface area (Å²) in [5.41, 5.74) is 6.43. The van der Waals surface area contributed by atoms with Crippen molar-refractivity contribution >= 4 is 17.2 Å². The van der Waals surface area contributed by atoms with E-state index in [0.717, 1.165) is 38.0 Å². The quantitative estimate of drug-likeness (QED) is 0.898. The molecule has 2 atom stereocenters. The lowest BCUT2D eigenvalue weighted by Crippen LogP contribution is -2.43. The van der Waals surface area contributed by atoms with Crippen molar-refractivity contribution in [3.8, 4) is 0 Å². The number of primary amides is 1. The number of carbonyl (C=O) groups excluding carboxylic acids is 1. The molecular weight excluding hydrogens is 288 g/mol. The van der Waals surface area contributed by atoms with Crippen LogP contribution in [0.3, 0.4) is 0 Å². The topological polar surface area (TPSA) is 73.6 Å². The van der Waals surface area contributed by atoms with E-state index in [-0.39, 0.29) is 23.8 Å². The van der Waals surface area contributed by atoms with Crippen LogP contribution in [0.25, 0.3) is 0 Å². The minimum atomic E-state index is -0.377. The van der Waals surface area contributed by atoms with Crippen molar-refractivity contribution in [1.29, 1.82) is 0 Å². The maximum absolute atomic E-state index is 11.5. The SMILES string of the molecule is CC1(C)CNC(OC2CCCCO2)c2cc(C(N)=O)sc21. The van der Waals surface area contributed by atoms with E-state index >= 15 is 0 Å². The summed E-state index contributed by atoms with van der Waals surface area (Å²) in [5.74, 6) is -0.377. The minimum Gasteiger partial charge on any atom is -0.365 e. The van der Waals surface area contributed by atoms with Crippen LogP contribution in [0.1, 0.15) is 59.5 Å². The normalized spacial score (nSPS) is 28.1. The molecule has 3 rings (SSSR count). The van der Waals surface area contributed by atoms with Gasteiger partial charge in [-0.25, -0.2) is 0 Å². The first-order chi connectivity index (χ1) is 9.97. The van der Waals surface area contributed by atoms with Gasteiger partial charge in [0.15, 0.2) is 6.29 Å². The van der Waals surface area contributed by atoms with Crippen LogP contribution in [-0.4, -0.2) is 25.3 Å². The van der Waals surface area contributed by atoms with Gasteiger partial charge in [-0.05, 0) is 25.3 Å². The highest BCUT2D eigenvalue weighted by molar-refractivity contribution is 7.14. The Bertz CT molecular complexity index is 535. The van der Waals surface area contributed by atoms with E-state index in [1.807, 2.05) is 6.07 Å². The standard InChI is InChI=1S/C15H22N2O3S/c1-15(2)8-17-14(20-11-5-3-4-6-19-11)9-7-10(13(16)18)21-12(9)15/h7,11,14,17H,3-6,8H2,1-2H3,(H2,16,18). The largest absolute Gasteiger partial charge is 0.365 e. The van der Waals surface area contributed by atoms with E-state index in [0.29, 0.717) is 4.88 Å². The molecule has 2 unspecified atom stereocenters. The zero-order chi connectivity index (χ0) is 15.0. The Balaban J connectivity index is 1.85. The molecule has 3 N–H and O–H groups in total. The van der Waals surface area contributed by atoms with E-state index < -0.39 is 0 Å². The fraction of sp³-hybridized carbons (Fsp3) is 0.667. The first-order valence-corrected chi connectivity index (χ1v) is 8.23. The van der Waals surface area contributed by atoms with Crippen LogP contribution >= 0.6 is 11.3 Å². The predicted molar refractivity (Wildman–Crippen MR) is 81.3 cm³/mol. The summed E-state index contributed by atoms with van der Waals surface area (Å²) in [5, 5.41) is 3.42. The van der Waals surface area contributed by atoms with Crippen molar-refractivity contribution in [2.24, 2.45) is 5.73 Å². The smallest absolute Gasteiger partial charge is 0.258 e. The highest BCUT2D eigenvalue weighted by Gasteiger charge is 2.37. The van der Waals surface area contributed by atoms with Gasteiger partial charge in [0.2, 0.25) is 0 Å². The highest BCUT2D eigenvalue weighted by Crippen LogP contribution is 2.41. The zero-order valence-corrected chi connectivity index (χ0v) is 13.3. The Labute approximate surface area is 128 Å². The molecule has 0 radical (unpaired) electrons. The third-order valence-corrected chi connectivity index (χ3v) is 5.59. The molecule has 21 heavy (non-hydrogen) atoms. The van der Waals surface area contributed by atoms with Crippen LogP contribution in [0, 0.1) is 0 Å². The zero-order valence-electron chi connectivity index (χ0n) is 12.5. The Morgan fingerprint density at radius 3 is 3.00 bits per heavy atom. The highest BCUT2D eigenvalue weighted by atomic mass is 32.1. The molecule has 2 aliphatic heterocycles. The van der Waals surface area contributed by atoms with Crippen molar-refractivity contribution in [3.63, 3.8) is 0 Å². The molecule has 116 valence electrons. The van der Waals surface area contributed by atoms with Gasteiger partial charge in [-0.1, -0.05) is 13.8 Å². The van der Waals surface area contributed by atoms with Crippen LogP contribution < -0.4 is 11.1 Å². The third kappa shape index (κ3) is 2.99. The molecule has 1 aromatic rings. The number of rotatable bonds is 3. The Kier molecular flexibility index (Phi) is 4.05. The lowest BCUT2D eigenvalue weighted by molar-refractivity contribution is -0.198. The summed E-state index contributed by atoms with van der Waals surface area (Å²) in [4.78, 5) is 13.2. The second-order valence-electron chi connectivity index (χ2n) is 6.34. The first kappa shape index (κ1) is 15.0. The Morgan fingerprint density at radius 1 is 1.52 bits per heavy atom. The van der Waals surface area contributed by atoms with E-state index in [2.05, 4.69) is 19.2 Å². The maximum Gasteiger partial charge on any atom is 0.258 e. The number of hydrogen-bond acceptors (Lipinski definition) is 5. The second kappa shape index (κ2) is 5.68. The number of fused-ring (bicyclic) bond motifs is 1. The molecule has 0 bridgehead atoms. The summed E-state index contributed by atoms with van der Waals surface area (Å²) in [6.07, 6.45) is 2.76. The molecule has 6 heteroatoms. The molecular formula is C15H22N2O3S. The molecule has 1 aromatic heterocycles. The molecule has 1 fully saturated rings. The van der Waals surface area contributed by atoms with Gasteiger partial charge >= 0.3 is 0 Å². The van der Waals surface area contributed by atoms with Gasteiger partial charge < -0.3 is 15.2 Å². The van der Waals surface area contributed by atoms with E-state index in [4.69, 9.17) is 15.2 Å². The van der Waals surface area contributed by atoms with Crippen molar-refractivity contribution in [3.05, 3.63) is 21.4 Å². The van der Waals surface area contributed by atoms with Gasteiger partial charge in [0, 0.05) is 29.0 Å². The molecule has 0 spiro atoms. The summed E-state index contributed by atoms with van der Waals surface area (Å²) < 4.78 is 11.7. The van der Waals surface area contributed by atoms with Crippen molar-refractivity contribution in [1.82, 2.24) is 5.32 Å². The number of ether oxygens (including phenoxy) is 2. The van der Waals surface area contributed by atoms with Crippen molar-refractivity contribution in [2.45, 2.75) is 51.0 Å². The van der Waals surface area contributed by atoms with Crippen LogP contribution in [0.5, 0.6) is 0 Å². The maximum atomic E-state index is 11.5. The first-order valence-electron chi connectivity index (χ1n) is 7.42. The number of thiophene rings is 1. The number of nitrogens with one attached hydrogen (secondary N) is 1. The van der Waals surface area contributed by atoms with Crippen LogP contribution in [0.15, 0.2) is 6.07 Å². The summed E-state index contributed by atoms with van der Waals surface area (Å²) >= 11 is 1.48. The van der Waals surface area contributed by atoms with Gasteiger partial charge in [0.1, 0.15) is 6.23 Å². The van der Waals surface area contributed by atoms with Crippen LogP contribution in [-0.2, 0) is 14.9 Å². The average Bonchev–Trinajstić information content (AvgIpc) is 2.90. The van der Waals surface area contributed by atoms with Crippen molar-refractivity contribution in [2.75, 3.05) is 13.2 Å².